The SMILES string of the molecule is COc1cccc(OC)c1CN1CC[C@](O)(c2ccccc2)[C@H](N2CCCC2)C1. The highest BCUT2D eigenvalue weighted by Crippen LogP contribution is 2.39. The first-order valence-corrected chi connectivity index (χ1v) is 10.6. The van der Waals surface area contributed by atoms with E-state index in [0.29, 0.717) is 0 Å². The standard InChI is InChI=1S/C24H32N2O3/c1-28-21-11-8-12-22(29-2)20(21)17-25-16-13-24(27,19-9-4-3-5-10-19)23(18-25)26-14-6-7-15-26/h3-5,8-12,23,27H,6-7,13-18H2,1-2H3/t23-,24+/m1/s1. The Kier molecular flexibility index (Phi) is 6.09. The van der Waals surface area contributed by atoms with E-state index in [9.17, 15) is 5.11 Å². The molecule has 0 amide bonds. The molecule has 0 aliphatic carbocycles. The largest absolute Gasteiger partial charge is 0.496 e. The molecule has 5 nitrogen and oxygen atoms in total. The molecule has 1 N–H and O–H groups in total. The van der Waals surface area contributed by atoms with Crippen molar-refractivity contribution in [3.63, 3.8) is 0 Å². The van der Waals surface area contributed by atoms with Gasteiger partial charge in [0.2, 0.25) is 0 Å². The van der Waals surface area contributed by atoms with Gasteiger partial charge in [-0.3, -0.25) is 9.80 Å². The van der Waals surface area contributed by atoms with Crippen LogP contribution in [0.25, 0.3) is 0 Å². The molecule has 5 heteroatoms. The number of likely N-dealkylation sites (tertiary alicyclic amines) is 2. The summed E-state index contributed by atoms with van der Waals surface area (Å²) in [7, 11) is 3.41. The molecule has 29 heavy (non-hydrogen) atoms. The molecule has 2 saturated heterocycles. The van der Waals surface area contributed by atoms with Gasteiger partial charge in [0.1, 0.15) is 17.1 Å². The minimum Gasteiger partial charge on any atom is -0.496 e. The molecular formula is C24H32N2O3. The summed E-state index contributed by atoms with van der Waals surface area (Å²) in [6.07, 6.45) is 3.14. The topological polar surface area (TPSA) is 45.2 Å². The van der Waals surface area contributed by atoms with Crippen molar-refractivity contribution in [2.75, 3.05) is 40.4 Å². The molecule has 2 aromatic carbocycles. The van der Waals surface area contributed by atoms with Crippen LogP contribution in [0.2, 0.25) is 0 Å². The van der Waals surface area contributed by atoms with Crippen LogP contribution in [0.4, 0.5) is 0 Å². The summed E-state index contributed by atoms with van der Waals surface area (Å²) in [6, 6.07) is 16.2. The lowest BCUT2D eigenvalue weighted by Gasteiger charge is -2.48. The van der Waals surface area contributed by atoms with Crippen LogP contribution in [0.3, 0.4) is 0 Å². The van der Waals surface area contributed by atoms with Crippen LogP contribution >= 0.6 is 0 Å². The lowest BCUT2D eigenvalue weighted by Crippen LogP contribution is -2.60. The highest BCUT2D eigenvalue weighted by molar-refractivity contribution is 5.44. The van der Waals surface area contributed by atoms with Crippen LogP contribution in [0.1, 0.15) is 30.4 Å². The highest BCUT2D eigenvalue weighted by Gasteiger charge is 2.46. The van der Waals surface area contributed by atoms with Crippen molar-refractivity contribution in [1.29, 1.82) is 0 Å². The molecule has 2 heterocycles. The van der Waals surface area contributed by atoms with Crippen LogP contribution in [0.5, 0.6) is 11.5 Å². The number of aliphatic hydroxyl groups is 1. The smallest absolute Gasteiger partial charge is 0.127 e. The molecule has 2 aromatic rings. The third-order valence-corrected chi connectivity index (χ3v) is 6.56. The molecule has 0 aromatic heterocycles. The molecule has 2 aliphatic heterocycles. The second kappa shape index (κ2) is 8.74. The fraction of sp³-hybridized carbons (Fsp3) is 0.500. The third-order valence-electron chi connectivity index (χ3n) is 6.56. The van der Waals surface area contributed by atoms with Crippen LogP contribution < -0.4 is 9.47 Å². The third kappa shape index (κ3) is 4.00. The van der Waals surface area contributed by atoms with Crippen LogP contribution in [-0.4, -0.2) is 61.3 Å². The van der Waals surface area contributed by atoms with E-state index in [4.69, 9.17) is 9.47 Å². The summed E-state index contributed by atoms with van der Waals surface area (Å²) in [5.41, 5.74) is 1.29. The molecule has 0 bridgehead atoms. The maximum Gasteiger partial charge on any atom is 0.127 e. The van der Waals surface area contributed by atoms with E-state index >= 15 is 0 Å². The van der Waals surface area contributed by atoms with Crippen molar-refractivity contribution < 1.29 is 14.6 Å². The first kappa shape index (κ1) is 20.2. The number of nitrogens with zero attached hydrogens (tertiary/aromatic N) is 2. The highest BCUT2D eigenvalue weighted by atomic mass is 16.5. The Morgan fingerprint density at radius 1 is 0.931 bits per heavy atom. The second-order valence-electron chi connectivity index (χ2n) is 8.18. The van der Waals surface area contributed by atoms with E-state index in [-0.39, 0.29) is 6.04 Å². The van der Waals surface area contributed by atoms with Crippen LogP contribution in [-0.2, 0) is 12.1 Å². The Morgan fingerprint density at radius 2 is 1.59 bits per heavy atom. The molecule has 0 spiro atoms. The second-order valence-corrected chi connectivity index (χ2v) is 8.18. The molecule has 2 fully saturated rings. The minimum absolute atomic E-state index is 0.0850. The molecule has 0 saturated carbocycles. The zero-order chi connectivity index (χ0) is 20.3. The number of piperidine rings is 1. The number of hydrogen-bond donors (Lipinski definition) is 1. The van der Waals surface area contributed by atoms with Crippen molar-refractivity contribution in [3.8, 4) is 11.5 Å². The zero-order valence-corrected chi connectivity index (χ0v) is 17.5. The lowest BCUT2D eigenvalue weighted by atomic mass is 9.79. The van der Waals surface area contributed by atoms with Gasteiger partial charge in [-0.2, -0.15) is 0 Å². The minimum atomic E-state index is -0.813. The van der Waals surface area contributed by atoms with Gasteiger partial charge in [-0.05, 0) is 50.0 Å². The summed E-state index contributed by atoms with van der Waals surface area (Å²) in [6.45, 7) is 4.53. The van der Waals surface area contributed by atoms with Gasteiger partial charge in [-0.15, -0.1) is 0 Å². The number of methoxy groups -OCH3 is 2. The van der Waals surface area contributed by atoms with Crippen LogP contribution in [0.15, 0.2) is 48.5 Å². The van der Waals surface area contributed by atoms with E-state index in [2.05, 4.69) is 21.9 Å². The lowest BCUT2D eigenvalue weighted by molar-refractivity contribution is -0.0960. The van der Waals surface area contributed by atoms with E-state index in [0.717, 1.165) is 61.8 Å². The van der Waals surface area contributed by atoms with E-state index in [1.807, 2.05) is 36.4 Å². The first-order chi connectivity index (χ1) is 14.2. The van der Waals surface area contributed by atoms with Crippen molar-refractivity contribution in [2.24, 2.45) is 0 Å². The predicted octanol–water partition coefficient (Wildman–Crippen LogP) is 3.26. The average molecular weight is 397 g/mol. The maximum absolute atomic E-state index is 11.8. The van der Waals surface area contributed by atoms with Gasteiger partial charge in [0.05, 0.1) is 25.8 Å². The van der Waals surface area contributed by atoms with Crippen molar-refractivity contribution in [3.05, 3.63) is 59.7 Å². The summed E-state index contributed by atoms with van der Waals surface area (Å²) in [5.74, 6) is 1.71. The number of ether oxygens (including phenoxy) is 2. The summed E-state index contributed by atoms with van der Waals surface area (Å²) >= 11 is 0. The summed E-state index contributed by atoms with van der Waals surface area (Å²) in [5, 5.41) is 11.8. The van der Waals surface area contributed by atoms with E-state index < -0.39 is 5.60 Å². The Balaban J connectivity index is 1.60. The van der Waals surface area contributed by atoms with Gasteiger partial charge in [0.15, 0.2) is 0 Å². The Morgan fingerprint density at radius 3 is 2.21 bits per heavy atom. The Hall–Kier alpha value is -2.08. The van der Waals surface area contributed by atoms with Gasteiger partial charge in [0.25, 0.3) is 0 Å². The van der Waals surface area contributed by atoms with E-state index in [1.54, 1.807) is 14.2 Å². The molecule has 4 rings (SSSR count). The first-order valence-electron chi connectivity index (χ1n) is 10.6. The van der Waals surface area contributed by atoms with E-state index in [1.165, 1.54) is 12.8 Å². The van der Waals surface area contributed by atoms with Crippen molar-refractivity contribution in [1.82, 2.24) is 9.80 Å². The number of rotatable bonds is 6. The average Bonchev–Trinajstić information content (AvgIpc) is 3.30. The fourth-order valence-corrected chi connectivity index (χ4v) is 4.97. The monoisotopic (exact) mass is 396 g/mol. The van der Waals surface area contributed by atoms with Gasteiger partial charge in [0, 0.05) is 19.6 Å². The molecule has 156 valence electrons. The quantitative estimate of drug-likeness (QED) is 0.812. The van der Waals surface area contributed by atoms with Crippen molar-refractivity contribution >= 4 is 0 Å². The number of benzene rings is 2. The number of hydrogen-bond acceptors (Lipinski definition) is 5. The Bertz CT molecular complexity index is 785. The fourth-order valence-electron chi connectivity index (χ4n) is 4.97. The summed E-state index contributed by atoms with van der Waals surface area (Å²) < 4.78 is 11.2. The van der Waals surface area contributed by atoms with Gasteiger partial charge >= 0.3 is 0 Å². The van der Waals surface area contributed by atoms with Gasteiger partial charge in [-0.25, -0.2) is 0 Å². The molecule has 0 radical (unpaired) electrons. The summed E-state index contributed by atoms with van der Waals surface area (Å²) in [4.78, 5) is 4.92. The molecule has 0 unspecified atom stereocenters. The van der Waals surface area contributed by atoms with Gasteiger partial charge < -0.3 is 14.6 Å². The van der Waals surface area contributed by atoms with Gasteiger partial charge in [-0.1, -0.05) is 36.4 Å². The van der Waals surface area contributed by atoms with Crippen LogP contribution in [0, 0.1) is 0 Å². The molecular weight excluding hydrogens is 364 g/mol. The Labute approximate surface area is 173 Å². The maximum atomic E-state index is 11.8. The molecule has 2 aliphatic rings. The normalized spacial score (nSPS) is 25.8. The zero-order valence-electron chi connectivity index (χ0n) is 17.5. The predicted molar refractivity (Wildman–Crippen MR) is 114 cm³/mol. The molecule has 2 atom stereocenters. The van der Waals surface area contributed by atoms with Crippen molar-refractivity contribution in [2.45, 2.75) is 37.5 Å².